The van der Waals surface area contributed by atoms with Gasteiger partial charge in [0.15, 0.2) is 0 Å². The molecule has 1 aromatic heterocycles. The van der Waals surface area contributed by atoms with Crippen molar-refractivity contribution in [1.29, 1.82) is 0 Å². The van der Waals surface area contributed by atoms with Crippen LogP contribution in [0.15, 0.2) is 6.07 Å². The number of aryl methyl sites for hydroxylation is 2. The van der Waals surface area contributed by atoms with Gasteiger partial charge in [0, 0.05) is 12.6 Å². The summed E-state index contributed by atoms with van der Waals surface area (Å²) in [7, 11) is 0. The SMILES string of the molecule is CCc1cc(COCC2CCCN2)n(CC)n1. The van der Waals surface area contributed by atoms with Gasteiger partial charge in [-0.2, -0.15) is 5.10 Å². The molecule has 1 aromatic rings. The zero-order chi connectivity index (χ0) is 12.1. The lowest BCUT2D eigenvalue weighted by molar-refractivity contribution is 0.0981. The number of hydrogen-bond acceptors (Lipinski definition) is 3. The van der Waals surface area contributed by atoms with E-state index in [1.807, 2.05) is 4.68 Å². The van der Waals surface area contributed by atoms with Crippen molar-refractivity contribution < 1.29 is 4.74 Å². The van der Waals surface area contributed by atoms with Crippen molar-refractivity contribution >= 4 is 0 Å². The van der Waals surface area contributed by atoms with Crippen LogP contribution in [0.1, 0.15) is 38.1 Å². The summed E-state index contributed by atoms with van der Waals surface area (Å²) in [6.07, 6.45) is 3.51. The zero-order valence-electron chi connectivity index (χ0n) is 10.9. The molecule has 2 rings (SSSR count). The molecular weight excluding hydrogens is 214 g/mol. The molecule has 0 aromatic carbocycles. The van der Waals surface area contributed by atoms with Gasteiger partial charge in [-0.05, 0) is 38.8 Å². The minimum atomic E-state index is 0.554. The first-order valence-corrected chi connectivity index (χ1v) is 6.70. The van der Waals surface area contributed by atoms with E-state index < -0.39 is 0 Å². The van der Waals surface area contributed by atoms with Crippen molar-refractivity contribution in [2.45, 2.75) is 52.3 Å². The maximum atomic E-state index is 5.78. The fourth-order valence-corrected chi connectivity index (χ4v) is 2.28. The molecule has 4 heteroatoms. The Balaban J connectivity index is 1.82. The molecule has 1 saturated heterocycles. The smallest absolute Gasteiger partial charge is 0.0885 e. The normalized spacial score (nSPS) is 20.0. The Hall–Kier alpha value is -0.870. The third kappa shape index (κ3) is 3.30. The van der Waals surface area contributed by atoms with Gasteiger partial charge in [-0.15, -0.1) is 0 Å². The van der Waals surface area contributed by atoms with E-state index in [1.54, 1.807) is 0 Å². The fourth-order valence-electron chi connectivity index (χ4n) is 2.28. The quantitative estimate of drug-likeness (QED) is 0.819. The summed E-state index contributed by atoms with van der Waals surface area (Å²) in [5.74, 6) is 0. The van der Waals surface area contributed by atoms with E-state index in [9.17, 15) is 0 Å². The number of aromatic nitrogens is 2. The topological polar surface area (TPSA) is 39.1 Å². The third-order valence-corrected chi connectivity index (χ3v) is 3.31. The summed E-state index contributed by atoms with van der Waals surface area (Å²) in [6.45, 7) is 7.81. The molecule has 0 saturated carbocycles. The van der Waals surface area contributed by atoms with Crippen LogP contribution < -0.4 is 5.32 Å². The molecule has 17 heavy (non-hydrogen) atoms. The summed E-state index contributed by atoms with van der Waals surface area (Å²) in [5.41, 5.74) is 2.35. The number of ether oxygens (including phenoxy) is 1. The van der Waals surface area contributed by atoms with Crippen molar-refractivity contribution in [3.05, 3.63) is 17.5 Å². The fraction of sp³-hybridized carbons (Fsp3) is 0.769. The van der Waals surface area contributed by atoms with Gasteiger partial charge in [0.25, 0.3) is 0 Å². The Bertz CT molecular complexity index is 342. The Morgan fingerprint density at radius 1 is 1.53 bits per heavy atom. The van der Waals surface area contributed by atoms with Gasteiger partial charge in [-0.25, -0.2) is 0 Å². The highest BCUT2D eigenvalue weighted by atomic mass is 16.5. The molecule has 0 bridgehead atoms. The largest absolute Gasteiger partial charge is 0.374 e. The van der Waals surface area contributed by atoms with Crippen LogP contribution in [0.3, 0.4) is 0 Å². The molecular formula is C13H23N3O. The predicted molar refractivity (Wildman–Crippen MR) is 68.0 cm³/mol. The molecule has 1 unspecified atom stereocenters. The number of rotatable bonds is 6. The number of nitrogens with zero attached hydrogens (tertiary/aromatic N) is 2. The van der Waals surface area contributed by atoms with Gasteiger partial charge in [0.2, 0.25) is 0 Å². The Morgan fingerprint density at radius 2 is 2.41 bits per heavy atom. The second-order valence-electron chi connectivity index (χ2n) is 4.60. The maximum Gasteiger partial charge on any atom is 0.0885 e. The average Bonchev–Trinajstić information content (AvgIpc) is 2.98. The second-order valence-corrected chi connectivity index (χ2v) is 4.60. The van der Waals surface area contributed by atoms with Crippen LogP contribution in [0.4, 0.5) is 0 Å². The Kier molecular flexibility index (Phi) is 4.57. The molecule has 1 N–H and O–H groups in total. The van der Waals surface area contributed by atoms with Gasteiger partial charge in [0.05, 0.1) is 24.6 Å². The number of nitrogens with one attached hydrogen (secondary N) is 1. The van der Waals surface area contributed by atoms with Crippen molar-refractivity contribution in [3.8, 4) is 0 Å². The monoisotopic (exact) mass is 237 g/mol. The van der Waals surface area contributed by atoms with Crippen LogP contribution in [-0.4, -0.2) is 29.0 Å². The second kappa shape index (κ2) is 6.17. The highest BCUT2D eigenvalue weighted by Crippen LogP contribution is 2.09. The predicted octanol–water partition coefficient (Wildman–Crippen LogP) is 1.73. The number of hydrogen-bond donors (Lipinski definition) is 1. The van der Waals surface area contributed by atoms with Crippen molar-refractivity contribution in [2.24, 2.45) is 0 Å². The minimum Gasteiger partial charge on any atom is -0.374 e. The molecule has 0 radical (unpaired) electrons. The van der Waals surface area contributed by atoms with E-state index >= 15 is 0 Å². The van der Waals surface area contributed by atoms with Crippen LogP contribution in [-0.2, 0) is 24.3 Å². The summed E-state index contributed by atoms with van der Waals surface area (Å²) in [4.78, 5) is 0. The molecule has 1 fully saturated rings. The lowest BCUT2D eigenvalue weighted by Gasteiger charge is -2.11. The third-order valence-electron chi connectivity index (χ3n) is 3.31. The van der Waals surface area contributed by atoms with Crippen LogP contribution in [0.5, 0.6) is 0 Å². The highest BCUT2D eigenvalue weighted by Gasteiger charge is 2.14. The van der Waals surface area contributed by atoms with E-state index in [0.29, 0.717) is 12.6 Å². The molecule has 0 amide bonds. The van der Waals surface area contributed by atoms with E-state index in [-0.39, 0.29) is 0 Å². The Morgan fingerprint density at radius 3 is 3.06 bits per heavy atom. The van der Waals surface area contributed by atoms with E-state index in [2.05, 4.69) is 30.3 Å². The lowest BCUT2D eigenvalue weighted by Crippen LogP contribution is -2.26. The molecule has 2 heterocycles. The van der Waals surface area contributed by atoms with Crippen LogP contribution >= 0.6 is 0 Å². The first-order chi connectivity index (χ1) is 8.33. The first kappa shape index (κ1) is 12.6. The molecule has 96 valence electrons. The average molecular weight is 237 g/mol. The summed E-state index contributed by atoms with van der Waals surface area (Å²) < 4.78 is 7.82. The molecule has 1 atom stereocenters. The molecule has 4 nitrogen and oxygen atoms in total. The summed E-state index contributed by atoms with van der Waals surface area (Å²) in [5, 5.41) is 7.96. The van der Waals surface area contributed by atoms with Crippen molar-refractivity contribution in [3.63, 3.8) is 0 Å². The van der Waals surface area contributed by atoms with Gasteiger partial charge in [-0.1, -0.05) is 6.92 Å². The van der Waals surface area contributed by atoms with Gasteiger partial charge < -0.3 is 10.1 Å². The van der Waals surface area contributed by atoms with Gasteiger partial charge >= 0.3 is 0 Å². The van der Waals surface area contributed by atoms with Gasteiger partial charge in [0.1, 0.15) is 0 Å². The van der Waals surface area contributed by atoms with E-state index in [0.717, 1.165) is 31.8 Å². The van der Waals surface area contributed by atoms with E-state index in [4.69, 9.17) is 4.74 Å². The van der Waals surface area contributed by atoms with Crippen molar-refractivity contribution in [2.75, 3.05) is 13.2 Å². The van der Waals surface area contributed by atoms with Gasteiger partial charge in [-0.3, -0.25) is 4.68 Å². The highest BCUT2D eigenvalue weighted by molar-refractivity contribution is 5.09. The zero-order valence-corrected chi connectivity index (χ0v) is 10.9. The maximum absolute atomic E-state index is 5.78. The molecule has 1 aliphatic heterocycles. The molecule has 0 spiro atoms. The van der Waals surface area contributed by atoms with E-state index in [1.165, 1.54) is 18.5 Å². The standard InChI is InChI=1S/C13H23N3O/c1-3-11-8-13(16(4-2)15-11)10-17-9-12-6-5-7-14-12/h8,12,14H,3-7,9-10H2,1-2H3. The minimum absolute atomic E-state index is 0.554. The van der Waals surface area contributed by atoms with Crippen molar-refractivity contribution in [1.82, 2.24) is 15.1 Å². The Labute approximate surface area is 103 Å². The summed E-state index contributed by atoms with van der Waals surface area (Å²) in [6, 6.07) is 2.71. The van der Waals surface area contributed by atoms with Crippen LogP contribution in [0.25, 0.3) is 0 Å². The lowest BCUT2D eigenvalue weighted by atomic mass is 10.2. The molecule has 0 aliphatic carbocycles. The van der Waals surface area contributed by atoms with Crippen LogP contribution in [0.2, 0.25) is 0 Å². The first-order valence-electron chi connectivity index (χ1n) is 6.70. The molecule has 1 aliphatic rings. The van der Waals surface area contributed by atoms with Crippen LogP contribution in [0, 0.1) is 0 Å². The summed E-state index contributed by atoms with van der Waals surface area (Å²) >= 11 is 0.